The molecule has 0 amide bonds. The number of halogens is 3. The van der Waals surface area contributed by atoms with Gasteiger partial charge in [-0.1, -0.05) is 69.3 Å². The Bertz CT molecular complexity index is 606. The largest absolute Gasteiger partial charge is 0.415 e. The lowest BCUT2D eigenvalue weighted by Crippen LogP contribution is -2.47. The lowest BCUT2D eigenvalue weighted by molar-refractivity contribution is -0.135. The summed E-state index contributed by atoms with van der Waals surface area (Å²) in [5.41, 5.74) is -2.61. The minimum absolute atomic E-state index is 0.277. The Labute approximate surface area is 142 Å². The standard InChI is InChI=1S/C16H19B4F3/c1-13(2,3)10-8(15(19,20)14(4,5)6)7-9(17)11(12(10)18)16(21,22)23/h7H,1-6H3. The van der Waals surface area contributed by atoms with Crippen molar-refractivity contribution in [1.29, 1.82) is 0 Å². The fourth-order valence-corrected chi connectivity index (χ4v) is 2.58. The highest BCUT2D eigenvalue weighted by atomic mass is 19.4. The molecule has 23 heavy (non-hydrogen) atoms. The molecular weight excluding hydrogens is 292 g/mol. The fourth-order valence-electron chi connectivity index (χ4n) is 2.58. The van der Waals surface area contributed by atoms with Gasteiger partial charge in [-0.05, 0) is 16.4 Å². The van der Waals surface area contributed by atoms with Gasteiger partial charge in [-0.25, -0.2) is 0 Å². The number of hydrogen-bond acceptors (Lipinski definition) is 0. The Balaban J connectivity index is 3.96. The van der Waals surface area contributed by atoms with Crippen LogP contribution in [0.15, 0.2) is 6.07 Å². The predicted molar refractivity (Wildman–Crippen MR) is 93.6 cm³/mol. The molecule has 0 saturated carbocycles. The Morgan fingerprint density at radius 2 is 1.26 bits per heavy atom. The third kappa shape index (κ3) is 3.69. The van der Waals surface area contributed by atoms with Crippen molar-refractivity contribution in [3.8, 4) is 0 Å². The monoisotopic (exact) mass is 312 g/mol. The molecule has 0 bridgehead atoms. The molecule has 0 unspecified atom stereocenters. The maximum absolute atomic E-state index is 13.3. The van der Waals surface area contributed by atoms with E-state index in [1.807, 2.05) is 20.8 Å². The second-order valence-electron chi connectivity index (χ2n) is 8.04. The second-order valence-corrected chi connectivity index (χ2v) is 8.04. The zero-order valence-electron chi connectivity index (χ0n) is 14.5. The number of benzene rings is 1. The van der Waals surface area contributed by atoms with Crippen LogP contribution in [0.5, 0.6) is 0 Å². The summed E-state index contributed by atoms with van der Waals surface area (Å²) in [7, 11) is 24.1. The average molecular weight is 312 g/mol. The molecule has 0 N–H and O–H groups in total. The van der Waals surface area contributed by atoms with Gasteiger partial charge in [-0.15, -0.1) is 0 Å². The van der Waals surface area contributed by atoms with Crippen molar-refractivity contribution in [1.82, 2.24) is 0 Å². The van der Waals surface area contributed by atoms with Crippen LogP contribution in [0.1, 0.15) is 58.2 Å². The summed E-state index contributed by atoms with van der Waals surface area (Å²) in [5, 5.41) is -1.40. The van der Waals surface area contributed by atoms with Gasteiger partial charge in [0.05, 0.1) is 15.7 Å². The first kappa shape index (κ1) is 20.3. The van der Waals surface area contributed by atoms with Crippen molar-refractivity contribution in [2.24, 2.45) is 5.41 Å². The molecule has 1 aromatic carbocycles. The van der Waals surface area contributed by atoms with Crippen molar-refractivity contribution >= 4 is 42.3 Å². The van der Waals surface area contributed by atoms with Gasteiger partial charge < -0.3 is 0 Å². The fraction of sp³-hybridized carbons (Fsp3) is 0.625. The van der Waals surface area contributed by atoms with Crippen LogP contribution < -0.4 is 10.9 Å². The van der Waals surface area contributed by atoms with E-state index in [-0.39, 0.29) is 5.56 Å². The minimum atomic E-state index is -4.65. The van der Waals surface area contributed by atoms with Crippen molar-refractivity contribution in [2.45, 2.75) is 58.3 Å². The van der Waals surface area contributed by atoms with Gasteiger partial charge in [0.1, 0.15) is 15.7 Å². The Morgan fingerprint density at radius 1 is 0.826 bits per heavy atom. The van der Waals surface area contributed by atoms with Crippen LogP contribution in [0.4, 0.5) is 13.2 Å². The van der Waals surface area contributed by atoms with E-state index in [9.17, 15) is 13.2 Å². The second kappa shape index (κ2) is 5.67. The summed E-state index contributed by atoms with van der Waals surface area (Å²) in [6, 6.07) is 1.21. The molecule has 0 fully saturated rings. The molecule has 0 aliphatic heterocycles. The summed E-state index contributed by atoms with van der Waals surface area (Å²) >= 11 is 0. The summed E-state index contributed by atoms with van der Waals surface area (Å²) < 4.78 is 40.0. The number of hydrogen-bond donors (Lipinski definition) is 0. The van der Waals surface area contributed by atoms with Gasteiger partial charge in [-0.3, -0.25) is 0 Å². The molecule has 1 aromatic rings. The van der Waals surface area contributed by atoms with E-state index < -0.39 is 38.7 Å². The van der Waals surface area contributed by atoms with E-state index in [1.165, 1.54) is 6.07 Å². The quantitative estimate of drug-likeness (QED) is 0.697. The Hall–Kier alpha value is -0.730. The molecule has 1 rings (SSSR count). The SMILES string of the molecule is [B]c1cc(C([B])([B])C(C)(C)C)c(C(C)(C)C)c([B])c1C(F)(F)F. The summed E-state index contributed by atoms with van der Waals surface area (Å²) in [6.07, 6.45) is -4.65. The van der Waals surface area contributed by atoms with E-state index in [0.29, 0.717) is 5.56 Å². The molecule has 0 atom stereocenters. The highest BCUT2D eigenvalue weighted by molar-refractivity contribution is 6.44. The number of rotatable bonds is 1. The molecule has 0 heterocycles. The van der Waals surface area contributed by atoms with Crippen LogP contribution in [0.3, 0.4) is 0 Å². The molecule has 0 aliphatic carbocycles. The first-order valence-corrected chi connectivity index (χ1v) is 7.30. The maximum Gasteiger partial charge on any atom is 0.415 e. The van der Waals surface area contributed by atoms with Crippen LogP contribution in [0.2, 0.25) is 0 Å². The Kier molecular flexibility index (Phi) is 5.01. The first-order valence-electron chi connectivity index (χ1n) is 7.30. The van der Waals surface area contributed by atoms with E-state index in [1.54, 1.807) is 20.8 Å². The van der Waals surface area contributed by atoms with Gasteiger partial charge in [0.15, 0.2) is 0 Å². The zero-order chi connectivity index (χ0) is 18.6. The third-order valence-corrected chi connectivity index (χ3v) is 4.12. The van der Waals surface area contributed by atoms with Crippen LogP contribution in [-0.2, 0) is 16.8 Å². The van der Waals surface area contributed by atoms with E-state index in [4.69, 9.17) is 31.4 Å². The zero-order valence-corrected chi connectivity index (χ0v) is 14.5. The highest BCUT2D eigenvalue weighted by Gasteiger charge is 2.41. The van der Waals surface area contributed by atoms with Gasteiger partial charge >= 0.3 is 6.18 Å². The molecule has 7 heteroatoms. The van der Waals surface area contributed by atoms with Crippen molar-refractivity contribution in [3.05, 3.63) is 22.8 Å². The smallest absolute Gasteiger partial charge is 0.166 e. The molecule has 116 valence electrons. The molecule has 0 spiro atoms. The van der Waals surface area contributed by atoms with E-state index >= 15 is 0 Å². The molecular formula is C16H19B4F3. The molecule has 0 nitrogen and oxygen atoms in total. The van der Waals surface area contributed by atoms with Gasteiger partial charge in [0.2, 0.25) is 0 Å². The lowest BCUT2D eigenvalue weighted by atomic mass is 9.39. The summed E-state index contributed by atoms with van der Waals surface area (Å²) in [5.74, 6) is 0. The van der Waals surface area contributed by atoms with Gasteiger partial charge in [-0.2, -0.15) is 13.2 Å². The third-order valence-electron chi connectivity index (χ3n) is 4.12. The van der Waals surface area contributed by atoms with Crippen LogP contribution in [0, 0.1) is 5.41 Å². The topological polar surface area (TPSA) is 0 Å². The van der Waals surface area contributed by atoms with Crippen LogP contribution in [-0.4, -0.2) is 31.4 Å². The van der Waals surface area contributed by atoms with Crippen molar-refractivity contribution in [3.63, 3.8) is 0 Å². The van der Waals surface area contributed by atoms with Crippen molar-refractivity contribution in [2.75, 3.05) is 0 Å². The minimum Gasteiger partial charge on any atom is -0.166 e. The molecule has 0 aromatic heterocycles. The van der Waals surface area contributed by atoms with Gasteiger partial charge in [0, 0.05) is 5.56 Å². The highest BCUT2D eigenvalue weighted by Crippen LogP contribution is 2.41. The lowest BCUT2D eigenvalue weighted by Gasteiger charge is -2.45. The summed E-state index contributed by atoms with van der Waals surface area (Å²) in [6.45, 7) is 10.7. The Morgan fingerprint density at radius 3 is 1.57 bits per heavy atom. The molecule has 0 aliphatic rings. The van der Waals surface area contributed by atoms with Gasteiger partial charge in [0.25, 0.3) is 0 Å². The first-order chi connectivity index (χ1) is 9.92. The van der Waals surface area contributed by atoms with E-state index in [0.717, 1.165) is 0 Å². The molecule has 0 saturated heterocycles. The number of alkyl halides is 3. The normalized spacial score (nSPS) is 14.1. The average Bonchev–Trinajstić information content (AvgIpc) is 2.21. The maximum atomic E-state index is 13.3. The molecule has 8 radical (unpaired) electrons. The summed E-state index contributed by atoms with van der Waals surface area (Å²) in [4.78, 5) is 0. The van der Waals surface area contributed by atoms with Crippen LogP contribution >= 0.6 is 0 Å². The van der Waals surface area contributed by atoms with Crippen LogP contribution in [0.25, 0.3) is 0 Å². The van der Waals surface area contributed by atoms with Crippen molar-refractivity contribution < 1.29 is 13.2 Å². The predicted octanol–water partition coefficient (Wildman–Crippen LogP) is 2.13. The van der Waals surface area contributed by atoms with E-state index in [2.05, 4.69) is 0 Å².